The third-order valence-corrected chi connectivity index (χ3v) is 1.96. The molecule has 0 saturated heterocycles. The standard InChI is InChI=1S/C10H9FO/c11-6-8-5-9-3-1-2-4-10(9)12-7-8/h1-4,6H,5,7H2/b8-6-. The predicted molar refractivity (Wildman–Crippen MR) is 44.8 cm³/mol. The zero-order valence-electron chi connectivity index (χ0n) is 6.59. The predicted octanol–water partition coefficient (Wildman–Crippen LogP) is 2.47. The van der Waals surface area contributed by atoms with E-state index in [2.05, 4.69) is 0 Å². The van der Waals surface area contributed by atoms with Gasteiger partial charge in [-0.25, -0.2) is 4.39 Å². The van der Waals surface area contributed by atoms with Crippen molar-refractivity contribution in [3.05, 3.63) is 41.7 Å². The van der Waals surface area contributed by atoms with Crippen LogP contribution in [0.2, 0.25) is 0 Å². The number of hydrogen-bond donors (Lipinski definition) is 0. The van der Waals surface area contributed by atoms with E-state index in [0.29, 0.717) is 24.9 Å². The van der Waals surface area contributed by atoms with Crippen molar-refractivity contribution in [3.63, 3.8) is 0 Å². The van der Waals surface area contributed by atoms with Gasteiger partial charge in [-0.1, -0.05) is 18.2 Å². The van der Waals surface area contributed by atoms with Crippen molar-refractivity contribution in [3.8, 4) is 5.75 Å². The fourth-order valence-electron chi connectivity index (χ4n) is 1.33. The summed E-state index contributed by atoms with van der Waals surface area (Å²) in [6.45, 7) is 0.382. The SMILES string of the molecule is F/C=C1\COc2ccccc2C1. The number of hydrogen-bond acceptors (Lipinski definition) is 1. The van der Waals surface area contributed by atoms with Gasteiger partial charge < -0.3 is 4.74 Å². The molecule has 0 aromatic heterocycles. The van der Waals surface area contributed by atoms with Crippen molar-refractivity contribution in [1.82, 2.24) is 0 Å². The topological polar surface area (TPSA) is 9.23 Å². The molecule has 0 N–H and O–H groups in total. The molecule has 1 nitrogen and oxygen atoms in total. The van der Waals surface area contributed by atoms with Crippen LogP contribution in [0.5, 0.6) is 5.75 Å². The molecule has 0 bridgehead atoms. The van der Waals surface area contributed by atoms with E-state index >= 15 is 0 Å². The Bertz CT molecular complexity index is 317. The number of para-hydroxylation sites is 1. The highest BCUT2D eigenvalue weighted by Crippen LogP contribution is 2.26. The summed E-state index contributed by atoms with van der Waals surface area (Å²) in [5.74, 6) is 0.878. The Morgan fingerprint density at radius 1 is 1.33 bits per heavy atom. The normalized spacial score (nSPS) is 18.6. The van der Waals surface area contributed by atoms with E-state index in [1.54, 1.807) is 0 Å². The van der Waals surface area contributed by atoms with Crippen molar-refractivity contribution in [1.29, 1.82) is 0 Å². The maximum absolute atomic E-state index is 12.1. The molecule has 2 rings (SSSR count). The molecule has 1 aromatic carbocycles. The highest BCUT2D eigenvalue weighted by atomic mass is 19.1. The molecule has 1 aromatic rings. The van der Waals surface area contributed by atoms with E-state index in [-0.39, 0.29) is 0 Å². The quantitative estimate of drug-likeness (QED) is 0.572. The van der Waals surface area contributed by atoms with E-state index in [1.807, 2.05) is 24.3 Å². The van der Waals surface area contributed by atoms with E-state index in [4.69, 9.17) is 4.74 Å². The minimum atomic E-state index is 0.382. The summed E-state index contributed by atoms with van der Waals surface area (Å²) >= 11 is 0. The van der Waals surface area contributed by atoms with Gasteiger partial charge in [0, 0.05) is 6.42 Å². The van der Waals surface area contributed by atoms with Crippen LogP contribution in [0.3, 0.4) is 0 Å². The van der Waals surface area contributed by atoms with Crippen LogP contribution in [-0.2, 0) is 6.42 Å². The molecule has 1 heterocycles. The fourth-order valence-corrected chi connectivity index (χ4v) is 1.33. The molecule has 0 fully saturated rings. The lowest BCUT2D eigenvalue weighted by Gasteiger charge is -2.18. The van der Waals surface area contributed by atoms with Gasteiger partial charge in [0.15, 0.2) is 0 Å². The van der Waals surface area contributed by atoms with Crippen molar-refractivity contribution >= 4 is 0 Å². The summed E-state index contributed by atoms with van der Waals surface area (Å²) in [7, 11) is 0. The molecule has 0 amide bonds. The molecular weight excluding hydrogens is 155 g/mol. The van der Waals surface area contributed by atoms with Crippen molar-refractivity contribution in [2.75, 3.05) is 6.61 Å². The second-order valence-corrected chi connectivity index (χ2v) is 2.84. The summed E-state index contributed by atoms with van der Waals surface area (Å²) in [5, 5.41) is 0. The smallest absolute Gasteiger partial charge is 0.123 e. The molecule has 62 valence electrons. The summed E-state index contributed by atoms with van der Waals surface area (Å²) in [6, 6.07) is 7.72. The van der Waals surface area contributed by atoms with Crippen molar-refractivity contribution in [2.24, 2.45) is 0 Å². The molecule has 1 aliphatic heterocycles. The molecule has 2 heteroatoms. The number of ether oxygens (including phenoxy) is 1. The zero-order chi connectivity index (χ0) is 8.39. The van der Waals surface area contributed by atoms with Gasteiger partial charge in [0.1, 0.15) is 12.4 Å². The summed E-state index contributed by atoms with van der Waals surface area (Å²) in [6.07, 6.45) is 1.31. The third kappa shape index (κ3) is 1.20. The van der Waals surface area contributed by atoms with E-state index < -0.39 is 0 Å². The summed E-state index contributed by atoms with van der Waals surface area (Å²) in [5.41, 5.74) is 1.77. The lowest BCUT2D eigenvalue weighted by Crippen LogP contribution is -2.11. The summed E-state index contributed by atoms with van der Waals surface area (Å²) in [4.78, 5) is 0. The first-order valence-electron chi connectivity index (χ1n) is 3.89. The maximum atomic E-state index is 12.1. The summed E-state index contributed by atoms with van der Waals surface area (Å²) < 4.78 is 17.4. The van der Waals surface area contributed by atoms with Crippen LogP contribution < -0.4 is 4.74 Å². The number of halogens is 1. The highest BCUT2D eigenvalue weighted by molar-refractivity contribution is 5.39. The Morgan fingerprint density at radius 3 is 3.00 bits per heavy atom. The van der Waals surface area contributed by atoms with E-state index in [0.717, 1.165) is 11.3 Å². The van der Waals surface area contributed by atoms with E-state index in [9.17, 15) is 4.39 Å². The molecule has 0 atom stereocenters. The van der Waals surface area contributed by atoms with Crippen molar-refractivity contribution in [2.45, 2.75) is 6.42 Å². The molecule has 12 heavy (non-hydrogen) atoms. The van der Waals surface area contributed by atoms with Gasteiger partial charge in [-0.2, -0.15) is 0 Å². The molecule has 0 spiro atoms. The molecule has 1 aliphatic rings. The van der Waals surface area contributed by atoms with Crippen LogP contribution in [0.1, 0.15) is 5.56 Å². The van der Waals surface area contributed by atoms with Crippen LogP contribution in [0.4, 0.5) is 4.39 Å². The first-order chi connectivity index (χ1) is 5.90. The molecular formula is C10H9FO. The van der Waals surface area contributed by atoms with Crippen LogP contribution >= 0.6 is 0 Å². The monoisotopic (exact) mass is 164 g/mol. The van der Waals surface area contributed by atoms with Gasteiger partial charge >= 0.3 is 0 Å². The molecule has 0 radical (unpaired) electrons. The van der Waals surface area contributed by atoms with Crippen LogP contribution in [0.25, 0.3) is 0 Å². The van der Waals surface area contributed by atoms with E-state index in [1.165, 1.54) is 0 Å². The second-order valence-electron chi connectivity index (χ2n) is 2.84. The average molecular weight is 164 g/mol. The Balaban J connectivity index is 2.35. The van der Waals surface area contributed by atoms with Crippen LogP contribution in [0.15, 0.2) is 36.2 Å². The Morgan fingerprint density at radius 2 is 2.17 bits per heavy atom. The number of rotatable bonds is 0. The van der Waals surface area contributed by atoms with Crippen LogP contribution in [-0.4, -0.2) is 6.61 Å². The lowest BCUT2D eigenvalue weighted by molar-refractivity contribution is 0.329. The van der Waals surface area contributed by atoms with Gasteiger partial charge in [-0.3, -0.25) is 0 Å². The average Bonchev–Trinajstić information content (AvgIpc) is 2.17. The zero-order valence-corrected chi connectivity index (χ0v) is 6.59. The number of fused-ring (bicyclic) bond motifs is 1. The molecule has 0 aliphatic carbocycles. The minimum Gasteiger partial charge on any atom is -0.489 e. The van der Waals surface area contributed by atoms with Gasteiger partial charge in [-0.15, -0.1) is 0 Å². The lowest BCUT2D eigenvalue weighted by atomic mass is 10.0. The first-order valence-corrected chi connectivity index (χ1v) is 3.89. The number of benzene rings is 1. The highest BCUT2D eigenvalue weighted by Gasteiger charge is 2.12. The Hall–Kier alpha value is -1.31. The second kappa shape index (κ2) is 2.97. The Labute approximate surface area is 70.5 Å². The fraction of sp³-hybridized carbons (Fsp3) is 0.200. The Kier molecular flexibility index (Phi) is 1.82. The van der Waals surface area contributed by atoms with Gasteiger partial charge in [-0.05, 0) is 17.2 Å². The van der Waals surface area contributed by atoms with Gasteiger partial charge in [0.2, 0.25) is 0 Å². The van der Waals surface area contributed by atoms with Gasteiger partial charge in [0.25, 0.3) is 0 Å². The largest absolute Gasteiger partial charge is 0.489 e. The van der Waals surface area contributed by atoms with Gasteiger partial charge in [0.05, 0.1) is 6.33 Å². The molecule has 0 saturated carbocycles. The molecule has 0 unspecified atom stereocenters. The first kappa shape index (κ1) is 7.35. The minimum absolute atomic E-state index is 0.382. The third-order valence-electron chi connectivity index (χ3n) is 1.96. The van der Waals surface area contributed by atoms with Crippen LogP contribution in [0, 0.1) is 0 Å². The van der Waals surface area contributed by atoms with Crippen molar-refractivity contribution < 1.29 is 9.13 Å². The maximum Gasteiger partial charge on any atom is 0.123 e.